The number of hydrogen-bond donors (Lipinski definition) is 0. The largest absolute Gasteiger partial charge is 0.296 e. The van der Waals surface area contributed by atoms with E-state index in [0.717, 1.165) is 18.5 Å². The molecule has 3 heteroatoms. The molecule has 0 N–H and O–H groups in total. The SMILES string of the molecule is CC1CCCCC1c1nccc(C=O)n1. The van der Waals surface area contributed by atoms with Crippen LogP contribution in [0.5, 0.6) is 0 Å². The Morgan fingerprint density at radius 1 is 1.40 bits per heavy atom. The maximum Gasteiger partial charge on any atom is 0.168 e. The third-order valence-corrected chi connectivity index (χ3v) is 3.26. The van der Waals surface area contributed by atoms with Gasteiger partial charge in [-0.1, -0.05) is 26.2 Å². The van der Waals surface area contributed by atoms with Gasteiger partial charge >= 0.3 is 0 Å². The summed E-state index contributed by atoms with van der Waals surface area (Å²) in [6.07, 6.45) is 7.45. The van der Waals surface area contributed by atoms with E-state index in [0.29, 0.717) is 17.5 Å². The third kappa shape index (κ3) is 2.22. The summed E-state index contributed by atoms with van der Waals surface area (Å²) in [6, 6.07) is 1.66. The molecule has 1 aromatic heterocycles. The quantitative estimate of drug-likeness (QED) is 0.695. The molecule has 0 radical (unpaired) electrons. The fraction of sp³-hybridized carbons (Fsp3) is 0.583. The molecule has 1 heterocycles. The van der Waals surface area contributed by atoms with Gasteiger partial charge in [0.25, 0.3) is 0 Å². The number of rotatable bonds is 2. The summed E-state index contributed by atoms with van der Waals surface area (Å²) in [7, 11) is 0. The van der Waals surface area contributed by atoms with Crippen LogP contribution in [0.1, 0.15) is 54.8 Å². The van der Waals surface area contributed by atoms with Gasteiger partial charge in [0.15, 0.2) is 6.29 Å². The van der Waals surface area contributed by atoms with Gasteiger partial charge in [0.2, 0.25) is 0 Å². The first-order valence-corrected chi connectivity index (χ1v) is 5.59. The molecule has 0 saturated heterocycles. The van der Waals surface area contributed by atoms with Crippen molar-refractivity contribution in [3.05, 3.63) is 23.8 Å². The highest BCUT2D eigenvalue weighted by molar-refractivity contribution is 5.71. The van der Waals surface area contributed by atoms with Crippen molar-refractivity contribution in [1.82, 2.24) is 9.97 Å². The predicted octanol–water partition coefficient (Wildman–Crippen LogP) is 2.58. The van der Waals surface area contributed by atoms with Crippen molar-refractivity contribution in [2.75, 3.05) is 0 Å². The van der Waals surface area contributed by atoms with E-state index in [1.165, 1.54) is 19.3 Å². The minimum Gasteiger partial charge on any atom is -0.296 e. The lowest BCUT2D eigenvalue weighted by molar-refractivity contribution is 0.111. The van der Waals surface area contributed by atoms with Gasteiger partial charge in [0.05, 0.1) is 0 Å². The molecule has 1 aliphatic rings. The number of aromatic nitrogens is 2. The Bertz CT molecular complexity index is 351. The zero-order valence-corrected chi connectivity index (χ0v) is 9.02. The van der Waals surface area contributed by atoms with Crippen LogP contribution >= 0.6 is 0 Å². The molecule has 3 nitrogen and oxygen atoms in total. The summed E-state index contributed by atoms with van der Waals surface area (Å²) < 4.78 is 0. The minimum absolute atomic E-state index is 0.443. The monoisotopic (exact) mass is 204 g/mol. The number of hydrogen-bond acceptors (Lipinski definition) is 3. The van der Waals surface area contributed by atoms with Crippen LogP contribution in [-0.4, -0.2) is 16.3 Å². The second kappa shape index (κ2) is 4.51. The Kier molecular flexibility index (Phi) is 3.09. The minimum atomic E-state index is 0.443. The molecule has 1 saturated carbocycles. The molecule has 0 spiro atoms. The van der Waals surface area contributed by atoms with E-state index in [1.54, 1.807) is 12.3 Å². The topological polar surface area (TPSA) is 42.9 Å². The third-order valence-electron chi connectivity index (χ3n) is 3.26. The van der Waals surface area contributed by atoms with Crippen molar-refractivity contribution in [3.63, 3.8) is 0 Å². The Hall–Kier alpha value is -1.25. The molecule has 1 aliphatic carbocycles. The van der Waals surface area contributed by atoms with Crippen molar-refractivity contribution in [2.45, 2.75) is 38.5 Å². The summed E-state index contributed by atoms with van der Waals surface area (Å²) >= 11 is 0. The first-order valence-electron chi connectivity index (χ1n) is 5.59. The highest BCUT2D eigenvalue weighted by Gasteiger charge is 2.25. The van der Waals surface area contributed by atoms with E-state index in [-0.39, 0.29) is 0 Å². The van der Waals surface area contributed by atoms with E-state index >= 15 is 0 Å². The van der Waals surface area contributed by atoms with Gasteiger partial charge in [-0.15, -0.1) is 0 Å². The summed E-state index contributed by atoms with van der Waals surface area (Å²) in [5.41, 5.74) is 0.498. The van der Waals surface area contributed by atoms with Gasteiger partial charge in [-0.3, -0.25) is 4.79 Å². The van der Waals surface area contributed by atoms with E-state index < -0.39 is 0 Å². The van der Waals surface area contributed by atoms with Gasteiger partial charge in [-0.2, -0.15) is 0 Å². The van der Waals surface area contributed by atoms with E-state index in [2.05, 4.69) is 16.9 Å². The van der Waals surface area contributed by atoms with Gasteiger partial charge in [-0.05, 0) is 18.4 Å². The van der Waals surface area contributed by atoms with Crippen LogP contribution in [-0.2, 0) is 0 Å². The number of carbonyl (C=O) groups is 1. The van der Waals surface area contributed by atoms with Gasteiger partial charge in [0.1, 0.15) is 11.5 Å². The Morgan fingerprint density at radius 3 is 2.93 bits per heavy atom. The molecule has 1 fully saturated rings. The summed E-state index contributed by atoms with van der Waals surface area (Å²) in [5.74, 6) is 1.94. The van der Waals surface area contributed by atoms with Crippen molar-refractivity contribution < 1.29 is 4.79 Å². The van der Waals surface area contributed by atoms with Crippen molar-refractivity contribution in [2.24, 2.45) is 5.92 Å². The second-order valence-corrected chi connectivity index (χ2v) is 4.33. The summed E-state index contributed by atoms with van der Waals surface area (Å²) in [5, 5.41) is 0. The number of aldehydes is 1. The lowest BCUT2D eigenvalue weighted by Crippen LogP contribution is -2.17. The van der Waals surface area contributed by atoms with Gasteiger partial charge in [-0.25, -0.2) is 9.97 Å². The molecular formula is C12H16N2O. The molecule has 0 aliphatic heterocycles. The fourth-order valence-electron chi connectivity index (χ4n) is 2.33. The molecule has 2 rings (SSSR count). The zero-order valence-electron chi connectivity index (χ0n) is 9.02. The van der Waals surface area contributed by atoms with E-state index in [1.807, 2.05) is 0 Å². The molecule has 80 valence electrons. The lowest BCUT2D eigenvalue weighted by Gasteiger charge is -2.27. The predicted molar refractivity (Wildman–Crippen MR) is 57.8 cm³/mol. The van der Waals surface area contributed by atoms with Crippen molar-refractivity contribution >= 4 is 6.29 Å². The average molecular weight is 204 g/mol. The molecule has 2 unspecified atom stereocenters. The Morgan fingerprint density at radius 2 is 2.20 bits per heavy atom. The van der Waals surface area contributed by atoms with Crippen LogP contribution in [0.15, 0.2) is 12.3 Å². The van der Waals surface area contributed by atoms with E-state index in [9.17, 15) is 4.79 Å². The van der Waals surface area contributed by atoms with Crippen molar-refractivity contribution in [3.8, 4) is 0 Å². The second-order valence-electron chi connectivity index (χ2n) is 4.33. The molecule has 1 aromatic rings. The van der Waals surface area contributed by atoms with Gasteiger partial charge < -0.3 is 0 Å². The highest BCUT2D eigenvalue weighted by atomic mass is 16.1. The molecule has 0 amide bonds. The average Bonchev–Trinajstić information content (AvgIpc) is 2.30. The highest BCUT2D eigenvalue weighted by Crippen LogP contribution is 2.35. The smallest absolute Gasteiger partial charge is 0.168 e. The first kappa shape index (κ1) is 10.3. The Balaban J connectivity index is 2.23. The van der Waals surface area contributed by atoms with Crippen LogP contribution in [0.25, 0.3) is 0 Å². The first-order chi connectivity index (χ1) is 7.31. The maximum atomic E-state index is 10.6. The van der Waals surface area contributed by atoms with E-state index in [4.69, 9.17) is 0 Å². The number of nitrogens with zero attached hydrogens (tertiary/aromatic N) is 2. The van der Waals surface area contributed by atoms with Crippen LogP contribution in [0, 0.1) is 5.92 Å². The van der Waals surface area contributed by atoms with Crippen LogP contribution in [0.3, 0.4) is 0 Å². The Labute approximate surface area is 89.9 Å². The fourth-order valence-corrected chi connectivity index (χ4v) is 2.33. The lowest BCUT2D eigenvalue weighted by atomic mass is 9.80. The molecule has 2 atom stereocenters. The van der Waals surface area contributed by atoms with Crippen LogP contribution < -0.4 is 0 Å². The normalized spacial score (nSPS) is 26.2. The summed E-state index contributed by atoms with van der Waals surface area (Å²) in [6.45, 7) is 2.25. The molecule has 0 bridgehead atoms. The standard InChI is InChI=1S/C12H16N2O/c1-9-4-2-3-5-11(9)12-13-7-6-10(8-15)14-12/h6-9,11H,2-5H2,1H3. The molecule has 0 aromatic carbocycles. The maximum absolute atomic E-state index is 10.6. The molecule has 15 heavy (non-hydrogen) atoms. The zero-order chi connectivity index (χ0) is 10.7. The van der Waals surface area contributed by atoms with Crippen LogP contribution in [0.4, 0.5) is 0 Å². The number of carbonyl (C=O) groups excluding carboxylic acids is 1. The van der Waals surface area contributed by atoms with Gasteiger partial charge in [0, 0.05) is 12.1 Å². The summed E-state index contributed by atoms with van der Waals surface area (Å²) in [4.78, 5) is 19.2. The van der Waals surface area contributed by atoms with Crippen molar-refractivity contribution in [1.29, 1.82) is 0 Å². The van der Waals surface area contributed by atoms with Crippen LogP contribution in [0.2, 0.25) is 0 Å². The molecular weight excluding hydrogens is 188 g/mol.